The maximum Gasteiger partial charge on any atom is 0.303 e. The molecule has 0 amide bonds. The second kappa shape index (κ2) is 5.32. The van der Waals surface area contributed by atoms with E-state index in [0.29, 0.717) is 30.5 Å². The van der Waals surface area contributed by atoms with Crippen molar-refractivity contribution in [3.63, 3.8) is 0 Å². The number of aliphatic carboxylic acids is 1. The highest BCUT2D eigenvalue weighted by molar-refractivity contribution is 5.83. The number of carbonyl (C=O) groups is 1. The summed E-state index contributed by atoms with van der Waals surface area (Å²) in [6, 6.07) is 3.61. The van der Waals surface area contributed by atoms with Crippen LogP contribution < -0.4 is 5.56 Å². The average molecular weight is 303 g/mol. The molecule has 0 aliphatic carbocycles. The third kappa shape index (κ3) is 2.28. The summed E-state index contributed by atoms with van der Waals surface area (Å²) in [4.78, 5) is 23.1. The number of furan rings is 1. The van der Waals surface area contributed by atoms with Crippen molar-refractivity contribution in [2.45, 2.75) is 39.7 Å². The SMILES string of the molecule is CCc1nn(CCCC(=O)O)c(=O)c2cc3oc(C)cc3n12. The Labute approximate surface area is 125 Å². The van der Waals surface area contributed by atoms with Crippen molar-refractivity contribution in [1.29, 1.82) is 0 Å². The first kappa shape index (κ1) is 14.4. The molecule has 0 atom stereocenters. The Hall–Kier alpha value is -2.57. The summed E-state index contributed by atoms with van der Waals surface area (Å²) >= 11 is 0. The van der Waals surface area contributed by atoms with Gasteiger partial charge in [-0.1, -0.05) is 6.92 Å². The Morgan fingerprint density at radius 3 is 2.82 bits per heavy atom. The lowest BCUT2D eigenvalue weighted by atomic mass is 10.3. The molecule has 0 radical (unpaired) electrons. The minimum absolute atomic E-state index is 0.0172. The fraction of sp³-hybridized carbons (Fsp3) is 0.400. The molecule has 0 spiro atoms. The molecule has 0 aliphatic heterocycles. The van der Waals surface area contributed by atoms with Crippen LogP contribution in [0.15, 0.2) is 21.3 Å². The molecule has 0 bridgehead atoms. The number of rotatable bonds is 5. The predicted molar refractivity (Wildman–Crippen MR) is 80.2 cm³/mol. The summed E-state index contributed by atoms with van der Waals surface area (Å²) < 4.78 is 8.76. The zero-order valence-corrected chi connectivity index (χ0v) is 12.5. The summed E-state index contributed by atoms with van der Waals surface area (Å²) in [6.07, 6.45) is 1.05. The second-order valence-corrected chi connectivity index (χ2v) is 5.27. The fourth-order valence-electron chi connectivity index (χ4n) is 2.67. The summed E-state index contributed by atoms with van der Waals surface area (Å²) in [7, 11) is 0. The number of fused-ring (bicyclic) bond motifs is 3. The van der Waals surface area contributed by atoms with Gasteiger partial charge in [-0.3, -0.25) is 14.0 Å². The molecule has 7 heteroatoms. The Morgan fingerprint density at radius 1 is 1.36 bits per heavy atom. The molecular formula is C15H17N3O4. The van der Waals surface area contributed by atoms with Crippen molar-refractivity contribution in [1.82, 2.24) is 14.2 Å². The normalized spacial score (nSPS) is 11.5. The van der Waals surface area contributed by atoms with Crippen LogP contribution in [-0.4, -0.2) is 25.3 Å². The number of aromatic nitrogens is 3. The lowest BCUT2D eigenvalue weighted by Crippen LogP contribution is -2.27. The van der Waals surface area contributed by atoms with Gasteiger partial charge in [-0.05, 0) is 13.3 Å². The molecule has 0 aromatic carbocycles. The lowest BCUT2D eigenvalue weighted by molar-refractivity contribution is -0.137. The van der Waals surface area contributed by atoms with Crippen LogP contribution >= 0.6 is 0 Å². The fourth-order valence-corrected chi connectivity index (χ4v) is 2.67. The molecule has 0 saturated heterocycles. The zero-order valence-electron chi connectivity index (χ0n) is 12.5. The summed E-state index contributed by atoms with van der Waals surface area (Å²) in [5.74, 6) is 0.660. The molecule has 0 saturated carbocycles. The molecular weight excluding hydrogens is 286 g/mol. The third-order valence-electron chi connectivity index (χ3n) is 3.64. The maximum absolute atomic E-state index is 12.5. The van der Waals surface area contributed by atoms with Crippen LogP contribution in [0.3, 0.4) is 0 Å². The first-order chi connectivity index (χ1) is 10.5. The summed E-state index contributed by atoms with van der Waals surface area (Å²) in [5, 5.41) is 13.1. The predicted octanol–water partition coefficient (Wildman–Crippen LogP) is 1.98. The summed E-state index contributed by atoms with van der Waals surface area (Å²) in [5.41, 5.74) is 1.78. The van der Waals surface area contributed by atoms with Crippen LogP contribution in [-0.2, 0) is 17.8 Å². The smallest absolute Gasteiger partial charge is 0.303 e. The largest absolute Gasteiger partial charge is 0.481 e. The van der Waals surface area contributed by atoms with Gasteiger partial charge in [0, 0.05) is 31.5 Å². The molecule has 0 fully saturated rings. The molecule has 3 aromatic rings. The third-order valence-corrected chi connectivity index (χ3v) is 3.64. The number of aryl methyl sites for hydroxylation is 3. The molecule has 0 unspecified atom stereocenters. The van der Waals surface area contributed by atoms with Crippen LogP contribution in [0.4, 0.5) is 0 Å². The number of hydrogen-bond acceptors (Lipinski definition) is 4. The van der Waals surface area contributed by atoms with Crippen molar-refractivity contribution in [3.05, 3.63) is 34.1 Å². The first-order valence-electron chi connectivity index (χ1n) is 7.24. The first-order valence-corrected chi connectivity index (χ1v) is 7.24. The number of carboxylic acid groups (broad SMARTS) is 1. The number of hydrogen-bond donors (Lipinski definition) is 1. The number of nitrogens with zero attached hydrogens (tertiary/aromatic N) is 3. The van der Waals surface area contributed by atoms with E-state index in [1.165, 1.54) is 4.68 Å². The van der Waals surface area contributed by atoms with E-state index in [-0.39, 0.29) is 12.0 Å². The molecule has 116 valence electrons. The van der Waals surface area contributed by atoms with Gasteiger partial charge in [-0.15, -0.1) is 0 Å². The van der Waals surface area contributed by atoms with Gasteiger partial charge < -0.3 is 9.52 Å². The van der Waals surface area contributed by atoms with Gasteiger partial charge in [-0.25, -0.2) is 4.68 Å². The molecule has 7 nitrogen and oxygen atoms in total. The monoisotopic (exact) mass is 303 g/mol. The van der Waals surface area contributed by atoms with E-state index in [4.69, 9.17) is 9.52 Å². The molecule has 1 N–H and O–H groups in total. The number of carboxylic acids is 1. The molecule has 3 rings (SSSR count). The van der Waals surface area contributed by atoms with Gasteiger partial charge in [0.25, 0.3) is 5.56 Å². The van der Waals surface area contributed by atoms with E-state index < -0.39 is 5.97 Å². The zero-order chi connectivity index (χ0) is 15.9. The highest BCUT2D eigenvalue weighted by atomic mass is 16.4. The van der Waals surface area contributed by atoms with E-state index in [2.05, 4.69) is 5.10 Å². The highest BCUT2D eigenvalue weighted by Gasteiger charge is 2.16. The van der Waals surface area contributed by atoms with E-state index in [1.807, 2.05) is 24.3 Å². The molecule has 0 aliphatic rings. The van der Waals surface area contributed by atoms with Gasteiger partial charge in [-0.2, -0.15) is 5.10 Å². The van der Waals surface area contributed by atoms with Gasteiger partial charge in [0.05, 0.1) is 5.52 Å². The van der Waals surface area contributed by atoms with Crippen molar-refractivity contribution >= 4 is 22.6 Å². The Kier molecular flexibility index (Phi) is 3.48. The van der Waals surface area contributed by atoms with E-state index in [9.17, 15) is 9.59 Å². The maximum atomic E-state index is 12.5. The van der Waals surface area contributed by atoms with Gasteiger partial charge in [0.15, 0.2) is 5.58 Å². The van der Waals surface area contributed by atoms with Crippen LogP contribution in [0.25, 0.3) is 16.6 Å². The molecule has 3 aromatic heterocycles. The molecule has 3 heterocycles. The van der Waals surface area contributed by atoms with Crippen LogP contribution in [0.2, 0.25) is 0 Å². The average Bonchev–Trinajstić information content (AvgIpc) is 2.97. The van der Waals surface area contributed by atoms with Gasteiger partial charge in [0.1, 0.15) is 17.1 Å². The lowest BCUT2D eigenvalue weighted by Gasteiger charge is -2.09. The van der Waals surface area contributed by atoms with Crippen molar-refractivity contribution in [2.24, 2.45) is 0 Å². The minimum Gasteiger partial charge on any atom is -0.481 e. The van der Waals surface area contributed by atoms with Crippen LogP contribution in [0, 0.1) is 6.92 Å². The van der Waals surface area contributed by atoms with Crippen LogP contribution in [0.1, 0.15) is 31.4 Å². The topological polar surface area (TPSA) is 89.7 Å². The standard InChI is InChI=1S/C15H17N3O4/c1-3-13-16-17(6-4-5-14(19)20)15(21)11-8-12-10(18(11)13)7-9(2)22-12/h7-8H,3-6H2,1-2H3,(H,19,20). The van der Waals surface area contributed by atoms with Gasteiger partial charge in [0.2, 0.25) is 0 Å². The second-order valence-electron chi connectivity index (χ2n) is 5.27. The highest BCUT2D eigenvalue weighted by Crippen LogP contribution is 2.23. The van der Waals surface area contributed by atoms with E-state index in [1.54, 1.807) is 6.07 Å². The van der Waals surface area contributed by atoms with E-state index >= 15 is 0 Å². The molecule has 22 heavy (non-hydrogen) atoms. The van der Waals surface area contributed by atoms with Crippen molar-refractivity contribution in [3.8, 4) is 0 Å². The van der Waals surface area contributed by atoms with Gasteiger partial charge >= 0.3 is 5.97 Å². The Bertz CT molecular complexity index is 916. The Morgan fingerprint density at radius 2 is 2.14 bits per heavy atom. The summed E-state index contributed by atoms with van der Waals surface area (Å²) in [6.45, 7) is 4.12. The van der Waals surface area contributed by atoms with Crippen molar-refractivity contribution in [2.75, 3.05) is 0 Å². The van der Waals surface area contributed by atoms with E-state index in [0.717, 1.165) is 17.1 Å². The quantitative estimate of drug-likeness (QED) is 0.778. The van der Waals surface area contributed by atoms with Crippen LogP contribution in [0.5, 0.6) is 0 Å². The van der Waals surface area contributed by atoms with Crippen molar-refractivity contribution < 1.29 is 14.3 Å². The Balaban J connectivity index is 2.14. The minimum atomic E-state index is -0.875.